The summed E-state index contributed by atoms with van der Waals surface area (Å²) in [4.78, 5) is 32.4. The summed E-state index contributed by atoms with van der Waals surface area (Å²) in [5.41, 5.74) is 3.06. The van der Waals surface area contributed by atoms with E-state index >= 15 is 0 Å². The molecule has 0 bridgehead atoms. The Morgan fingerprint density at radius 1 is 1.11 bits per heavy atom. The lowest BCUT2D eigenvalue weighted by Gasteiger charge is -2.26. The topological polar surface area (TPSA) is 89.0 Å². The smallest absolute Gasteiger partial charge is 0.295 e. The molecule has 1 aromatic heterocycles. The Labute approximate surface area is 222 Å². The summed E-state index contributed by atoms with van der Waals surface area (Å²) in [6, 6.07) is 15.7. The highest BCUT2D eigenvalue weighted by atomic mass is 16.5. The number of likely N-dealkylation sites (tertiary alicyclic amines) is 1. The summed E-state index contributed by atoms with van der Waals surface area (Å²) in [5.74, 6) is -0.114. The molecule has 3 aromatic rings. The molecule has 2 aliphatic heterocycles. The number of hydrogen-bond acceptors (Lipinski definition) is 6. The van der Waals surface area contributed by atoms with E-state index < -0.39 is 17.7 Å². The molecule has 0 aliphatic carbocycles. The number of fused-ring (bicyclic) bond motifs is 1. The van der Waals surface area contributed by atoms with E-state index in [-0.39, 0.29) is 24.0 Å². The molecule has 1 fully saturated rings. The van der Waals surface area contributed by atoms with E-state index in [1.165, 1.54) is 4.90 Å². The second kappa shape index (κ2) is 11.1. The molecule has 0 spiro atoms. The van der Waals surface area contributed by atoms with Crippen molar-refractivity contribution in [2.24, 2.45) is 0 Å². The Hall–Kier alpha value is -4.13. The van der Waals surface area contributed by atoms with Crippen molar-refractivity contribution in [2.75, 3.05) is 6.61 Å². The number of unbranched alkanes of at least 4 members (excludes halogenated alkanes) is 2. The van der Waals surface area contributed by atoms with E-state index in [0.717, 1.165) is 36.1 Å². The minimum Gasteiger partial charge on any atom is -0.507 e. The first-order chi connectivity index (χ1) is 18.5. The fraction of sp³-hybridized carbons (Fsp3) is 0.323. The van der Waals surface area contributed by atoms with Crippen molar-refractivity contribution < 1.29 is 24.2 Å². The average molecular weight is 513 g/mol. The maximum atomic E-state index is 13.4. The molecular formula is C31H32N2O5. The Kier molecular flexibility index (Phi) is 7.45. The number of hydrogen-bond donors (Lipinski definition) is 1. The van der Waals surface area contributed by atoms with Crippen molar-refractivity contribution in [3.63, 3.8) is 0 Å². The minimum atomic E-state index is -0.772. The van der Waals surface area contributed by atoms with Gasteiger partial charge in [0.05, 0.1) is 18.2 Å². The van der Waals surface area contributed by atoms with Crippen LogP contribution in [0.3, 0.4) is 0 Å². The van der Waals surface area contributed by atoms with Crippen LogP contribution in [-0.4, -0.2) is 39.4 Å². The van der Waals surface area contributed by atoms with Crippen molar-refractivity contribution >= 4 is 17.4 Å². The van der Waals surface area contributed by atoms with Crippen LogP contribution in [0.4, 0.5) is 0 Å². The number of Topliss-reactive ketones (excluding diaryl/α,β-unsaturated/α-hetero) is 1. The van der Waals surface area contributed by atoms with Crippen molar-refractivity contribution in [1.29, 1.82) is 0 Å². The first-order valence-corrected chi connectivity index (χ1v) is 13.2. The van der Waals surface area contributed by atoms with Crippen LogP contribution in [0.1, 0.15) is 61.4 Å². The van der Waals surface area contributed by atoms with Crippen molar-refractivity contribution in [3.8, 4) is 11.5 Å². The summed E-state index contributed by atoms with van der Waals surface area (Å²) in [6.07, 6.45) is 7.19. The molecule has 2 atom stereocenters. The lowest BCUT2D eigenvalue weighted by Crippen LogP contribution is -2.29. The quantitative estimate of drug-likeness (QED) is 0.174. The average Bonchev–Trinajstić information content (AvgIpc) is 3.42. The van der Waals surface area contributed by atoms with Gasteiger partial charge in [0.15, 0.2) is 0 Å². The zero-order valence-electron chi connectivity index (χ0n) is 21.7. The van der Waals surface area contributed by atoms with Crippen LogP contribution < -0.4 is 9.47 Å². The number of amides is 1. The van der Waals surface area contributed by atoms with E-state index in [1.54, 1.807) is 24.5 Å². The fourth-order valence-electron chi connectivity index (χ4n) is 5.12. The van der Waals surface area contributed by atoms with Crippen LogP contribution in [0, 0.1) is 0 Å². The number of carbonyl (C=O) groups is 2. The lowest BCUT2D eigenvalue weighted by atomic mass is 9.94. The van der Waals surface area contributed by atoms with Gasteiger partial charge >= 0.3 is 0 Å². The molecule has 7 heteroatoms. The van der Waals surface area contributed by atoms with Gasteiger partial charge < -0.3 is 19.5 Å². The molecular weight excluding hydrogens is 480 g/mol. The van der Waals surface area contributed by atoms with Crippen LogP contribution in [-0.2, 0) is 22.6 Å². The highest BCUT2D eigenvalue weighted by Gasteiger charge is 2.46. The number of carbonyl (C=O) groups excluding carboxylic acids is 2. The maximum absolute atomic E-state index is 13.4. The molecule has 196 valence electrons. The molecule has 0 radical (unpaired) electrons. The molecule has 7 nitrogen and oxygen atoms in total. The summed E-state index contributed by atoms with van der Waals surface area (Å²) in [6.45, 7) is 4.92. The summed E-state index contributed by atoms with van der Waals surface area (Å²) in [7, 11) is 0. The highest BCUT2D eigenvalue weighted by molar-refractivity contribution is 6.46. The SMILES string of the molecule is CCCCCOc1cccc([C@@H]2C(=C(O)c3ccc4c(c3)C[C@H](C)O4)C(=O)C(=O)N2Cc2ccncc2)c1. The number of nitrogens with zero attached hydrogens (tertiary/aromatic N) is 2. The molecule has 5 rings (SSSR count). The number of rotatable bonds is 9. The van der Waals surface area contributed by atoms with E-state index in [0.29, 0.717) is 29.9 Å². The van der Waals surface area contributed by atoms with E-state index in [4.69, 9.17) is 9.47 Å². The second-order valence-electron chi connectivity index (χ2n) is 9.87. The summed E-state index contributed by atoms with van der Waals surface area (Å²) < 4.78 is 11.8. The predicted molar refractivity (Wildman–Crippen MR) is 144 cm³/mol. The molecule has 0 saturated carbocycles. The second-order valence-corrected chi connectivity index (χ2v) is 9.87. The number of aliphatic hydroxyl groups is 1. The van der Waals surface area contributed by atoms with E-state index in [1.807, 2.05) is 49.4 Å². The number of ketones is 1. The van der Waals surface area contributed by atoms with Gasteiger partial charge in [0.1, 0.15) is 23.4 Å². The summed E-state index contributed by atoms with van der Waals surface area (Å²) >= 11 is 0. The lowest BCUT2D eigenvalue weighted by molar-refractivity contribution is -0.140. The first kappa shape index (κ1) is 25.5. The first-order valence-electron chi connectivity index (χ1n) is 13.2. The van der Waals surface area contributed by atoms with Gasteiger partial charge in [-0.3, -0.25) is 14.6 Å². The van der Waals surface area contributed by atoms with E-state index in [9.17, 15) is 14.7 Å². The van der Waals surface area contributed by atoms with Crippen LogP contribution in [0.5, 0.6) is 11.5 Å². The number of benzene rings is 2. The zero-order chi connectivity index (χ0) is 26.6. The molecule has 1 amide bonds. The molecule has 2 aliphatic rings. The summed E-state index contributed by atoms with van der Waals surface area (Å²) in [5, 5.41) is 11.5. The van der Waals surface area contributed by atoms with Gasteiger partial charge in [0.25, 0.3) is 11.7 Å². The van der Waals surface area contributed by atoms with Gasteiger partial charge in [-0.15, -0.1) is 0 Å². The van der Waals surface area contributed by atoms with Gasteiger partial charge in [-0.2, -0.15) is 0 Å². The number of ether oxygens (including phenoxy) is 2. The van der Waals surface area contributed by atoms with Gasteiger partial charge in [-0.1, -0.05) is 31.9 Å². The molecule has 0 unspecified atom stereocenters. The van der Waals surface area contributed by atoms with Crippen LogP contribution in [0.25, 0.3) is 5.76 Å². The van der Waals surface area contributed by atoms with Crippen LogP contribution in [0.15, 0.2) is 72.6 Å². The predicted octanol–water partition coefficient (Wildman–Crippen LogP) is 5.60. The molecule has 1 saturated heterocycles. The maximum Gasteiger partial charge on any atom is 0.295 e. The van der Waals surface area contributed by atoms with E-state index in [2.05, 4.69) is 11.9 Å². The van der Waals surface area contributed by atoms with Gasteiger partial charge in [-0.05, 0) is 72.5 Å². The third-order valence-corrected chi connectivity index (χ3v) is 7.00. The van der Waals surface area contributed by atoms with Crippen molar-refractivity contribution in [2.45, 2.75) is 58.2 Å². The Morgan fingerprint density at radius 3 is 2.71 bits per heavy atom. The highest BCUT2D eigenvalue weighted by Crippen LogP contribution is 2.42. The standard InChI is InChI=1S/C31H32N2O5/c1-3-4-5-15-37-25-8-6-7-22(18-25)28-27(29(34)23-9-10-26-24(17-23)16-20(2)38-26)30(35)31(36)33(28)19-21-11-13-32-14-12-21/h6-14,17-18,20,28,34H,3-5,15-16,19H2,1-2H3/t20-,28+/m0/s1. The van der Waals surface area contributed by atoms with Gasteiger partial charge in [-0.25, -0.2) is 0 Å². The largest absolute Gasteiger partial charge is 0.507 e. The van der Waals surface area contributed by atoms with Gasteiger partial charge in [0.2, 0.25) is 0 Å². The Morgan fingerprint density at radius 2 is 1.92 bits per heavy atom. The number of aliphatic hydroxyl groups excluding tert-OH is 1. The third kappa shape index (κ3) is 5.14. The molecule has 38 heavy (non-hydrogen) atoms. The third-order valence-electron chi connectivity index (χ3n) is 7.00. The zero-order valence-corrected chi connectivity index (χ0v) is 21.7. The molecule has 3 heterocycles. The van der Waals surface area contributed by atoms with Crippen LogP contribution in [0.2, 0.25) is 0 Å². The molecule has 2 aromatic carbocycles. The minimum absolute atomic E-state index is 0.0494. The van der Waals surface area contributed by atoms with Crippen molar-refractivity contribution in [1.82, 2.24) is 9.88 Å². The number of pyridine rings is 1. The number of aromatic nitrogens is 1. The van der Waals surface area contributed by atoms with Crippen LogP contribution >= 0.6 is 0 Å². The van der Waals surface area contributed by atoms with Gasteiger partial charge in [0, 0.05) is 30.9 Å². The molecule has 1 N–H and O–H groups in total. The normalized spacial score (nSPS) is 19.9. The van der Waals surface area contributed by atoms with Crippen molar-refractivity contribution in [3.05, 3.63) is 94.8 Å². The Balaban J connectivity index is 1.56. The monoisotopic (exact) mass is 512 g/mol. The fourth-order valence-corrected chi connectivity index (χ4v) is 5.12. The Bertz CT molecular complexity index is 1370.